The van der Waals surface area contributed by atoms with Gasteiger partial charge in [-0.1, -0.05) is 5.16 Å². The highest BCUT2D eigenvalue weighted by Gasteiger charge is 2.49. The van der Waals surface area contributed by atoms with E-state index in [0.717, 1.165) is 38.1 Å². The number of urea groups is 1. The summed E-state index contributed by atoms with van der Waals surface area (Å²) in [6.07, 6.45) is 4.17. The van der Waals surface area contributed by atoms with E-state index in [1.165, 1.54) is 0 Å². The Hall–Kier alpha value is -1.96. The number of nitrogens with one attached hydrogen (secondary N) is 2. The molecule has 0 unspecified atom stereocenters. The molecule has 8 heteroatoms. The Balaban J connectivity index is 1.47. The Morgan fingerprint density at radius 2 is 2.12 bits per heavy atom. The fourth-order valence-electron chi connectivity index (χ4n) is 3.75. The molecule has 2 aliphatic heterocycles. The minimum Gasteiger partial charge on any atom is -0.338 e. The Morgan fingerprint density at radius 3 is 2.79 bits per heavy atom. The normalized spacial score (nSPS) is 32.5. The van der Waals surface area contributed by atoms with Gasteiger partial charge in [-0.25, -0.2) is 4.79 Å². The third-order valence-electron chi connectivity index (χ3n) is 5.65. The third kappa shape index (κ3) is 2.58. The number of aromatic nitrogens is 2. The van der Waals surface area contributed by atoms with E-state index in [1.807, 2.05) is 6.92 Å². The zero-order chi connectivity index (χ0) is 16.9. The van der Waals surface area contributed by atoms with Crippen LogP contribution in [0.5, 0.6) is 0 Å². The number of nitrogens with zero attached hydrogens (tertiary/aromatic N) is 3. The van der Waals surface area contributed by atoms with Crippen LogP contribution in [-0.2, 0) is 4.79 Å². The van der Waals surface area contributed by atoms with E-state index in [0.29, 0.717) is 18.4 Å². The molecular weight excluding hydrogens is 310 g/mol. The number of hydrogen-bond donors (Lipinski definition) is 2. The van der Waals surface area contributed by atoms with Gasteiger partial charge >= 0.3 is 6.03 Å². The summed E-state index contributed by atoms with van der Waals surface area (Å²) in [5.41, 5.74) is -0.844. The van der Waals surface area contributed by atoms with Crippen molar-refractivity contribution < 1.29 is 14.1 Å². The van der Waals surface area contributed by atoms with Crippen LogP contribution in [0.1, 0.15) is 63.2 Å². The molecule has 24 heavy (non-hydrogen) atoms. The number of rotatable bonds is 4. The van der Waals surface area contributed by atoms with Crippen LogP contribution in [0.15, 0.2) is 4.52 Å². The van der Waals surface area contributed by atoms with E-state index >= 15 is 0 Å². The van der Waals surface area contributed by atoms with Crippen LogP contribution in [-0.4, -0.2) is 45.6 Å². The zero-order valence-electron chi connectivity index (χ0n) is 14.0. The third-order valence-corrected chi connectivity index (χ3v) is 5.65. The molecule has 0 spiro atoms. The van der Waals surface area contributed by atoms with Gasteiger partial charge in [-0.2, -0.15) is 4.98 Å². The minimum atomic E-state index is -0.844. The summed E-state index contributed by atoms with van der Waals surface area (Å²) in [5.74, 6) is 1.76. The summed E-state index contributed by atoms with van der Waals surface area (Å²) < 4.78 is 5.45. The molecule has 3 heterocycles. The van der Waals surface area contributed by atoms with Crippen LogP contribution in [0.4, 0.5) is 4.79 Å². The maximum absolute atomic E-state index is 12.2. The van der Waals surface area contributed by atoms with E-state index in [2.05, 4.69) is 32.6 Å². The van der Waals surface area contributed by atoms with Crippen LogP contribution in [0.3, 0.4) is 0 Å². The predicted molar refractivity (Wildman–Crippen MR) is 84.1 cm³/mol. The van der Waals surface area contributed by atoms with Crippen LogP contribution in [0, 0.1) is 5.92 Å². The number of likely N-dealkylation sites (tertiary alicyclic amines) is 1. The van der Waals surface area contributed by atoms with Crippen molar-refractivity contribution >= 4 is 11.9 Å². The molecule has 8 nitrogen and oxygen atoms in total. The average Bonchev–Trinajstić information content (AvgIpc) is 3.24. The fourth-order valence-corrected chi connectivity index (χ4v) is 3.75. The van der Waals surface area contributed by atoms with Crippen molar-refractivity contribution in [3.05, 3.63) is 11.7 Å². The lowest BCUT2D eigenvalue weighted by Gasteiger charge is -2.41. The largest absolute Gasteiger partial charge is 0.338 e. The molecule has 0 bridgehead atoms. The molecule has 3 atom stereocenters. The second-order valence-corrected chi connectivity index (χ2v) is 7.39. The standard InChI is InChI=1S/C16H23N5O3/c1-9(13-17-12(20-24-13)10-5-6-10)21-7-3-4-11(8-21)16(2)14(22)18-15(23)19-16/h9-11H,3-8H2,1-2H3,(H2,18,19,22,23)/t9-,11+,16+/m1/s1. The summed E-state index contributed by atoms with van der Waals surface area (Å²) in [4.78, 5) is 30.5. The Bertz CT molecular complexity index is 670. The predicted octanol–water partition coefficient (Wildman–Crippen LogP) is 1.32. The smallest absolute Gasteiger partial charge is 0.322 e. The highest BCUT2D eigenvalue weighted by atomic mass is 16.5. The molecule has 1 saturated carbocycles. The van der Waals surface area contributed by atoms with Crippen molar-refractivity contribution in [3.8, 4) is 0 Å². The molecule has 1 aromatic heterocycles. The van der Waals surface area contributed by atoms with Gasteiger partial charge < -0.3 is 9.84 Å². The molecule has 2 N–H and O–H groups in total. The van der Waals surface area contributed by atoms with Gasteiger partial charge in [0.05, 0.1) is 6.04 Å². The molecule has 1 aromatic rings. The molecule has 1 aliphatic carbocycles. The van der Waals surface area contributed by atoms with Gasteiger partial charge in [0.1, 0.15) is 5.54 Å². The molecule has 0 aromatic carbocycles. The Kier molecular flexibility index (Phi) is 3.59. The van der Waals surface area contributed by atoms with Crippen LogP contribution in [0.25, 0.3) is 0 Å². The first-order valence-electron chi connectivity index (χ1n) is 8.68. The Morgan fingerprint density at radius 1 is 1.33 bits per heavy atom. The Labute approximate surface area is 140 Å². The van der Waals surface area contributed by atoms with Crippen molar-refractivity contribution in [1.82, 2.24) is 25.7 Å². The van der Waals surface area contributed by atoms with Crippen LogP contribution < -0.4 is 10.6 Å². The topological polar surface area (TPSA) is 100 Å². The first-order chi connectivity index (χ1) is 11.5. The monoisotopic (exact) mass is 333 g/mol. The van der Waals surface area contributed by atoms with Gasteiger partial charge in [0.25, 0.3) is 5.91 Å². The molecule has 0 radical (unpaired) electrons. The molecule has 130 valence electrons. The lowest BCUT2D eigenvalue weighted by molar-refractivity contribution is -0.126. The lowest BCUT2D eigenvalue weighted by Crippen LogP contribution is -2.56. The number of amides is 3. The molecule has 4 rings (SSSR count). The van der Waals surface area contributed by atoms with E-state index < -0.39 is 11.6 Å². The molecular formula is C16H23N5O3. The number of hydrogen-bond acceptors (Lipinski definition) is 6. The van der Waals surface area contributed by atoms with Crippen molar-refractivity contribution in [3.63, 3.8) is 0 Å². The number of piperidine rings is 1. The van der Waals surface area contributed by atoms with Crippen LogP contribution in [0.2, 0.25) is 0 Å². The van der Waals surface area contributed by atoms with Gasteiger partial charge in [-0.15, -0.1) is 0 Å². The molecule has 3 amide bonds. The van der Waals surface area contributed by atoms with Gasteiger partial charge in [-0.3, -0.25) is 15.0 Å². The lowest BCUT2D eigenvalue weighted by atomic mass is 9.79. The summed E-state index contributed by atoms with van der Waals surface area (Å²) in [5, 5.41) is 9.25. The van der Waals surface area contributed by atoms with E-state index in [4.69, 9.17) is 4.52 Å². The average molecular weight is 333 g/mol. The minimum absolute atomic E-state index is 0.0107. The fraction of sp³-hybridized carbons (Fsp3) is 0.750. The summed E-state index contributed by atoms with van der Waals surface area (Å²) in [6.45, 7) is 5.50. The first-order valence-corrected chi connectivity index (χ1v) is 8.68. The summed E-state index contributed by atoms with van der Waals surface area (Å²) in [7, 11) is 0. The SMILES string of the molecule is C[C@H](c1nc(C2CC2)no1)N1CCC[C@H]([C@]2(C)NC(=O)NC2=O)C1. The highest BCUT2D eigenvalue weighted by Crippen LogP contribution is 2.39. The van der Waals surface area contributed by atoms with E-state index in [-0.39, 0.29) is 17.9 Å². The van der Waals surface area contributed by atoms with Gasteiger partial charge in [0, 0.05) is 18.4 Å². The van der Waals surface area contributed by atoms with Gasteiger partial charge in [0.15, 0.2) is 5.82 Å². The number of imide groups is 1. The summed E-state index contributed by atoms with van der Waals surface area (Å²) >= 11 is 0. The molecule has 2 saturated heterocycles. The maximum atomic E-state index is 12.2. The second-order valence-electron chi connectivity index (χ2n) is 7.39. The second kappa shape index (κ2) is 5.54. The quantitative estimate of drug-likeness (QED) is 0.806. The number of carbonyl (C=O) groups excluding carboxylic acids is 2. The first kappa shape index (κ1) is 15.6. The van der Waals surface area contributed by atoms with E-state index in [1.54, 1.807) is 0 Å². The molecule has 3 fully saturated rings. The molecule has 3 aliphatic rings. The van der Waals surface area contributed by atoms with Crippen molar-refractivity contribution in [2.75, 3.05) is 13.1 Å². The van der Waals surface area contributed by atoms with Crippen LogP contribution >= 0.6 is 0 Å². The summed E-state index contributed by atoms with van der Waals surface area (Å²) in [6, 6.07) is -0.393. The van der Waals surface area contributed by atoms with E-state index in [9.17, 15) is 9.59 Å². The van der Waals surface area contributed by atoms with Gasteiger partial charge in [0.2, 0.25) is 5.89 Å². The van der Waals surface area contributed by atoms with Gasteiger partial charge in [-0.05, 0) is 46.1 Å². The van der Waals surface area contributed by atoms with Crippen molar-refractivity contribution in [2.24, 2.45) is 5.92 Å². The van der Waals surface area contributed by atoms with Crippen molar-refractivity contribution in [1.29, 1.82) is 0 Å². The zero-order valence-corrected chi connectivity index (χ0v) is 14.0. The number of carbonyl (C=O) groups is 2. The van der Waals surface area contributed by atoms with Crippen molar-refractivity contribution in [2.45, 2.75) is 57.0 Å². The highest BCUT2D eigenvalue weighted by molar-refractivity contribution is 6.06. The maximum Gasteiger partial charge on any atom is 0.322 e.